The molecular formula is C13H12ClN5O2S. The molecule has 22 heavy (non-hydrogen) atoms. The quantitative estimate of drug-likeness (QED) is 0.722. The Hall–Kier alpha value is -2.19. The molecule has 1 aromatic carbocycles. The lowest BCUT2D eigenvalue weighted by molar-refractivity contribution is 0.568. The Morgan fingerprint density at radius 3 is 2.55 bits per heavy atom. The molecule has 0 fully saturated rings. The van der Waals surface area contributed by atoms with E-state index in [0.717, 1.165) is 5.69 Å². The van der Waals surface area contributed by atoms with Gasteiger partial charge < -0.3 is 0 Å². The van der Waals surface area contributed by atoms with Gasteiger partial charge in [0, 0.05) is 18.3 Å². The summed E-state index contributed by atoms with van der Waals surface area (Å²) in [5, 5.41) is 8.60. The van der Waals surface area contributed by atoms with Gasteiger partial charge in [-0.3, -0.25) is 0 Å². The highest BCUT2D eigenvalue weighted by molar-refractivity contribution is 7.90. The summed E-state index contributed by atoms with van der Waals surface area (Å²) in [7, 11) is -2.05. The zero-order valence-corrected chi connectivity index (χ0v) is 13.2. The van der Waals surface area contributed by atoms with Crippen LogP contribution in [-0.2, 0) is 22.6 Å². The number of aromatic nitrogens is 5. The summed E-state index contributed by atoms with van der Waals surface area (Å²) < 4.78 is 27.4. The van der Waals surface area contributed by atoms with E-state index in [4.69, 9.17) is 11.6 Å². The van der Waals surface area contributed by atoms with E-state index in [1.807, 2.05) is 0 Å². The van der Waals surface area contributed by atoms with Gasteiger partial charge in [-0.25, -0.2) is 22.8 Å². The smallest absolute Gasteiger partial charge is 0.241 e. The standard InChI is InChI=1S/C13H12ClN5O2S/c1-18-13(15-9-16-18)22(20,21)8-11-6-7-19(17-11)12-4-2-10(14)3-5-12/h2-7,9H,8H2,1H3. The van der Waals surface area contributed by atoms with E-state index in [1.165, 1.54) is 18.1 Å². The molecule has 0 saturated heterocycles. The fourth-order valence-corrected chi connectivity index (χ4v) is 3.46. The van der Waals surface area contributed by atoms with Crippen molar-refractivity contribution in [3.05, 3.63) is 53.6 Å². The van der Waals surface area contributed by atoms with Crippen LogP contribution in [0.25, 0.3) is 5.69 Å². The van der Waals surface area contributed by atoms with Crippen molar-refractivity contribution >= 4 is 21.4 Å². The molecule has 0 radical (unpaired) electrons. The molecule has 2 heterocycles. The minimum absolute atomic E-state index is 0.0754. The van der Waals surface area contributed by atoms with Crippen molar-refractivity contribution in [2.24, 2.45) is 7.05 Å². The predicted octanol–water partition coefficient (Wildman–Crippen LogP) is 1.63. The molecular weight excluding hydrogens is 326 g/mol. The Kier molecular flexibility index (Phi) is 3.71. The summed E-state index contributed by atoms with van der Waals surface area (Å²) in [4.78, 5) is 3.77. The molecule has 0 aliphatic rings. The van der Waals surface area contributed by atoms with Gasteiger partial charge in [-0.15, -0.1) is 0 Å². The summed E-state index contributed by atoms with van der Waals surface area (Å²) in [5.41, 5.74) is 1.23. The zero-order chi connectivity index (χ0) is 15.7. The Morgan fingerprint density at radius 1 is 1.18 bits per heavy atom. The van der Waals surface area contributed by atoms with E-state index < -0.39 is 9.84 Å². The van der Waals surface area contributed by atoms with Gasteiger partial charge in [0.2, 0.25) is 15.0 Å². The lowest BCUT2D eigenvalue weighted by Crippen LogP contribution is -2.12. The largest absolute Gasteiger partial charge is 0.245 e. The molecule has 0 unspecified atom stereocenters. The number of nitrogens with zero attached hydrogens (tertiary/aromatic N) is 5. The van der Waals surface area contributed by atoms with Gasteiger partial charge in [-0.2, -0.15) is 10.2 Å². The van der Waals surface area contributed by atoms with E-state index in [0.29, 0.717) is 10.7 Å². The fraction of sp³-hybridized carbons (Fsp3) is 0.154. The molecule has 7 nitrogen and oxygen atoms in total. The van der Waals surface area contributed by atoms with Gasteiger partial charge >= 0.3 is 0 Å². The lowest BCUT2D eigenvalue weighted by atomic mass is 10.3. The molecule has 114 valence electrons. The molecule has 0 aliphatic heterocycles. The second-order valence-corrected chi connectivity index (χ2v) is 6.97. The highest BCUT2D eigenvalue weighted by atomic mass is 35.5. The Balaban J connectivity index is 1.86. The zero-order valence-electron chi connectivity index (χ0n) is 11.6. The summed E-state index contributed by atoms with van der Waals surface area (Å²) >= 11 is 5.84. The third kappa shape index (κ3) is 2.88. The number of benzene rings is 1. The highest BCUT2D eigenvalue weighted by Crippen LogP contribution is 2.15. The maximum Gasteiger partial charge on any atom is 0.245 e. The first kappa shape index (κ1) is 14.7. The fourth-order valence-electron chi connectivity index (χ4n) is 2.00. The van der Waals surface area contributed by atoms with Gasteiger partial charge in [0.15, 0.2) is 0 Å². The third-order valence-corrected chi connectivity index (χ3v) is 4.88. The molecule has 0 atom stereocenters. The lowest BCUT2D eigenvalue weighted by Gasteiger charge is -2.02. The van der Waals surface area contributed by atoms with Gasteiger partial charge in [0.1, 0.15) is 12.1 Å². The van der Waals surface area contributed by atoms with Crippen LogP contribution < -0.4 is 0 Å². The number of halogens is 1. The van der Waals surface area contributed by atoms with Crippen molar-refractivity contribution in [1.29, 1.82) is 0 Å². The van der Waals surface area contributed by atoms with Crippen molar-refractivity contribution in [2.75, 3.05) is 0 Å². The predicted molar refractivity (Wildman–Crippen MR) is 80.5 cm³/mol. The Morgan fingerprint density at radius 2 is 1.91 bits per heavy atom. The van der Waals surface area contributed by atoms with Gasteiger partial charge in [0.05, 0.1) is 11.4 Å². The van der Waals surface area contributed by atoms with Crippen LogP contribution in [0, 0.1) is 0 Å². The number of sulfone groups is 1. The first-order valence-corrected chi connectivity index (χ1v) is 8.36. The van der Waals surface area contributed by atoms with Crippen LogP contribution in [0.2, 0.25) is 5.02 Å². The summed E-state index contributed by atoms with van der Waals surface area (Å²) in [5.74, 6) is -0.236. The van der Waals surface area contributed by atoms with Crippen molar-refractivity contribution < 1.29 is 8.42 Å². The topological polar surface area (TPSA) is 82.7 Å². The van der Waals surface area contributed by atoms with Gasteiger partial charge in [-0.05, 0) is 30.3 Å². The van der Waals surface area contributed by atoms with Crippen LogP contribution in [0.1, 0.15) is 5.69 Å². The van der Waals surface area contributed by atoms with Crippen molar-refractivity contribution in [3.8, 4) is 5.69 Å². The molecule has 0 saturated carbocycles. The second-order valence-electron chi connectivity index (χ2n) is 4.65. The van der Waals surface area contributed by atoms with E-state index in [9.17, 15) is 8.42 Å². The number of aryl methyl sites for hydroxylation is 1. The molecule has 0 spiro atoms. The molecule has 0 bridgehead atoms. The normalized spacial score (nSPS) is 11.7. The van der Waals surface area contributed by atoms with E-state index in [2.05, 4.69) is 15.2 Å². The minimum Gasteiger partial charge on any atom is -0.241 e. The molecule has 3 aromatic rings. The van der Waals surface area contributed by atoms with Crippen LogP contribution in [-0.4, -0.2) is 33.0 Å². The van der Waals surface area contributed by atoms with Crippen molar-refractivity contribution in [1.82, 2.24) is 24.5 Å². The first-order chi connectivity index (χ1) is 10.5. The van der Waals surface area contributed by atoms with Crippen LogP contribution in [0.15, 0.2) is 48.0 Å². The molecule has 3 rings (SSSR count). The van der Waals surface area contributed by atoms with Gasteiger partial charge in [0.25, 0.3) is 0 Å². The second kappa shape index (κ2) is 5.54. The monoisotopic (exact) mass is 337 g/mol. The number of hydrogen-bond donors (Lipinski definition) is 0. The molecule has 0 N–H and O–H groups in total. The number of rotatable bonds is 4. The SMILES string of the molecule is Cn1ncnc1S(=O)(=O)Cc1ccn(-c2ccc(Cl)cc2)n1. The summed E-state index contributed by atoms with van der Waals surface area (Å²) in [6, 6.07) is 8.75. The van der Waals surface area contributed by atoms with Crippen molar-refractivity contribution in [3.63, 3.8) is 0 Å². The van der Waals surface area contributed by atoms with Crippen LogP contribution in [0.5, 0.6) is 0 Å². The van der Waals surface area contributed by atoms with Crippen molar-refractivity contribution in [2.45, 2.75) is 10.9 Å². The average molecular weight is 338 g/mol. The van der Waals surface area contributed by atoms with E-state index >= 15 is 0 Å². The van der Waals surface area contributed by atoms with Crippen LogP contribution in [0.4, 0.5) is 0 Å². The van der Waals surface area contributed by atoms with E-state index in [-0.39, 0.29) is 10.9 Å². The summed E-state index contributed by atoms with van der Waals surface area (Å²) in [6.07, 6.45) is 2.91. The molecule has 0 aliphatic carbocycles. The summed E-state index contributed by atoms with van der Waals surface area (Å²) in [6.45, 7) is 0. The van der Waals surface area contributed by atoms with Crippen LogP contribution >= 0.6 is 11.6 Å². The highest BCUT2D eigenvalue weighted by Gasteiger charge is 2.22. The third-order valence-electron chi connectivity index (χ3n) is 3.02. The maximum atomic E-state index is 12.3. The number of hydrogen-bond acceptors (Lipinski definition) is 5. The average Bonchev–Trinajstić information content (AvgIpc) is 3.08. The Labute approximate surface area is 132 Å². The van der Waals surface area contributed by atoms with Gasteiger partial charge in [-0.1, -0.05) is 11.6 Å². The first-order valence-electron chi connectivity index (χ1n) is 6.33. The van der Waals surface area contributed by atoms with E-state index in [1.54, 1.807) is 41.2 Å². The molecule has 9 heteroatoms. The molecule has 2 aromatic heterocycles. The van der Waals surface area contributed by atoms with Crippen LogP contribution in [0.3, 0.4) is 0 Å². The minimum atomic E-state index is -3.58. The molecule has 0 amide bonds. The Bertz CT molecular complexity index is 899. The maximum absolute atomic E-state index is 12.3.